The monoisotopic (exact) mass is 387 g/mol. The molecule has 0 aliphatic carbocycles. The number of H-pyrrole nitrogens is 1. The number of aromatic amines is 1. The number of amides is 1. The summed E-state index contributed by atoms with van der Waals surface area (Å²) in [5, 5.41) is 10.8. The number of nitrogens with one attached hydrogen (secondary N) is 4. The van der Waals surface area contributed by atoms with E-state index in [-0.39, 0.29) is 12.1 Å². The highest BCUT2D eigenvalue weighted by Gasteiger charge is 2.15. The number of aromatic nitrogens is 1. The molecule has 1 unspecified atom stereocenters. The number of carbonyl (C=O) groups excluding carboxylic acids is 1. The molecule has 0 saturated heterocycles. The summed E-state index contributed by atoms with van der Waals surface area (Å²) in [4.78, 5) is 19.3. The first-order valence-corrected chi connectivity index (χ1v) is 9.96. The molecule has 7 nitrogen and oxygen atoms in total. The first kappa shape index (κ1) is 21.6. The van der Waals surface area contributed by atoms with E-state index in [2.05, 4.69) is 64.2 Å². The predicted octanol–water partition coefficient (Wildman–Crippen LogP) is 3.04. The van der Waals surface area contributed by atoms with Gasteiger partial charge in [-0.25, -0.2) is 4.79 Å². The summed E-state index contributed by atoms with van der Waals surface area (Å²) in [6.07, 6.45) is 3.43. The molecule has 2 rings (SSSR count). The highest BCUT2D eigenvalue weighted by molar-refractivity contribution is 5.83. The summed E-state index contributed by atoms with van der Waals surface area (Å²) in [6, 6.07) is 8.28. The number of rotatable bonds is 9. The Bertz CT molecular complexity index is 769. The van der Waals surface area contributed by atoms with E-state index < -0.39 is 0 Å². The second-order valence-corrected chi connectivity index (χ2v) is 7.18. The number of benzene rings is 1. The van der Waals surface area contributed by atoms with Crippen LogP contribution in [0.2, 0.25) is 0 Å². The molecule has 1 heterocycles. The Morgan fingerprint density at radius 1 is 1.25 bits per heavy atom. The van der Waals surface area contributed by atoms with E-state index in [1.807, 2.05) is 6.07 Å². The molecule has 0 fully saturated rings. The smallest absolute Gasteiger partial charge is 0.407 e. The Kier molecular flexibility index (Phi) is 8.65. The van der Waals surface area contributed by atoms with Crippen molar-refractivity contribution in [1.82, 2.24) is 20.9 Å². The second-order valence-electron chi connectivity index (χ2n) is 7.18. The molecule has 1 atom stereocenters. The molecule has 4 N–H and O–H groups in total. The average molecular weight is 388 g/mol. The summed E-state index contributed by atoms with van der Waals surface area (Å²) in [6.45, 7) is 7.78. The zero-order chi connectivity index (χ0) is 20.4. The molecule has 1 amide bonds. The number of guanidine groups is 1. The lowest BCUT2D eigenvalue weighted by Gasteiger charge is -2.22. The van der Waals surface area contributed by atoms with E-state index in [4.69, 9.17) is 4.74 Å². The molecule has 0 bridgehead atoms. The Labute approximate surface area is 167 Å². The van der Waals surface area contributed by atoms with Crippen LogP contribution in [0.5, 0.6) is 0 Å². The minimum absolute atomic E-state index is 0.0220. The summed E-state index contributed by atoms with van der Waals surface area (Å²) in [5.74, 6) is 1.19. The first-order valence-electron chi connectivity index (χ1n) is 9.96. The number of hydrogen-bond acceptors (Lipinski definition) is 3. The molecule has 0 aliphatic heterocycles. The van der Waals surface area contributed by atoms with Gasteiger partial charge in [0.15, 0.2) is 5.96 Å². The van der Waals surface area contributed by atoms with Crippen LogP contribution in [0.4, 0.5) is 4.79 Å². The Morgan fingerprint density at radius 3 is 2.75 bits per heavy atom. The molecule has 154 valence electrons. The number of para-hydroxylation sites is 1. The molecular weight excluding hydrogens is 354 g/mol. The topological polar surface area (TPSA) is 90.5 Å². The van der Waals surface area contributed by atoms with Crippen LogP contribution in [0.15, 0.2) is 35.5 Å². The highest BCUT2D eigenvalue weighted by Crippen LogP contribution is 2.17. The maximum Gasteiger partial charge on any atom is 0.407 e. The van der Waals surface area contributed by atoms with Crippen molar-refractivity contribution >= 4 is 23.0 Å². The number of alkyl carbamates (subject to hydrolysis) is 1. The van der Waals surface area contributed by atoms with Crippen LogP contribution >= 0.6 is 0 Å². The first-order chi connectivity index (χ1) is 13.5. The Morgan fingerprint density at radius 2 is 2.04 bits per heavy atom. The lowest BCUT2D eigenvalue weighted by atomic mass is 10.0. The maximum absolute atomic E-state index is 11.7. The molecule has 0 aliphatic rings. The number of fused-ring (bicyclic) bond motifs is 1. The molecule has 1 aromatic carbocycles. The average Bonchev–Trinajstić information content (AvgIpc) is 3.07. The zero-order valence-corrected chi connectivity index (χ0v) is 17.3. The van der Waals surface area contributed by atoms with Crippen LogP contribution in [0.3, 0.4) is 0 Å². The standard InChI is InChI=1S/C21H33N5O2/c1-5-28-21(27)26-17(12-15(2)3)14-25-20(22-4)23-11-10-16-13-24-19-9-7-6-8-18(16)19/h6-9,13,15,17,24H,5,10-12,14H2,1-4H3,(H,26,27)(H2,22,23,25). The van der Waals surface area contributed by atoms with E-state index in [9.17, 15) is 4.79 Å². The lowest BCUT2D eigenvalue weighted by molar-refractivity contribution is 0.146. The lowest BCUT2D eigenvalue weighted by Crippen LogP contribution is -2.48. The predicted molar refractivity (Wildman–Crippen MR) is 115 cm³/mol. The third kappa shape index (κ3) is 6.79. The van der Waals surface area contributed by atoms with E-state index in [1.165, 1.54) is 10.9 Å². The van der Waals surface area contributed by atoms with Crippen molar-refractivity contribution in [2.75, 3.05) is 26.7 Å². The van der Waals surface area contributed by atoms with Crippen LogP contribution in [0.1, 0.15) is 32.8 Å². The summed E-state index contributed by atoms with van der Waals surface area (Å²) in [7, 11) is 1.75. The van der Waals surface area contributed by atoms with Crippen LogP contribution in [-0.2, 0) is 11.2 Å². The summed E-state index contributed by atoms with van der Waals surface area (Å²) in [5.41, 5.74) is 2.43. The molecule has 7 heteroatoms. The normalized spacial score (nSPS) is 12.8. The third-order valence-electron chi connectivity index (χ3n) is 4.45. The highest BCUT2D eigenvalue weighted by atomic mass is 16.5. The summed E-state index contributed by atoms with van der Waals surface area (Å²) < 4.78 is 5.00. The van der Waals surface area contributed by atoms with Gasteiger partial charge < -0.3 is 25.7 Å². The van der Waals surface area contributed by atoms with Gasteiger partial charge in [0.2, 0.25) is 0 Å². The van der Waals surface area contributed by atoms with Crippen molar-refractivity contribution in [1.29, 1.82) is 0 Å². The van der Waals surface area contributed by atoms with Crippen LogP contribution in [0, 0.1) is 5.92 Å². The van der Waals surface area contributed by atoms with Gasteiger partial charge in [-0.1, -0.05) is 32.0 Å². The van der Waals surface area contributed by atoms with E-state index in [0.717, 1.165) is 30.9 Å². The fourth-order valence-electron chi connectivity index (χ4n) is 3.20. The van der Waals surface area contributed by atoms with Gasteiger partial charge in [-0.3, -0.25) is 4.99 Å². The van der Waals surface area contributed by atoms with Gasteiger partial charge in [-0.05, 0) is 37.3 Å². The largest absolute Gasteiger partial charge is 0.450 e. The maximum atomic E-state index is 11.7. The van der Waals surface area contributed by atoms with Gasteiger partial charge in [-0.15, -0.1) is 0 Å². The number of carbonyl (C=O) groups is 1. The quantitative estimate of drug-likeness (QED) is 0.393. The van der Waals surface area contributed by atoms with Gasteiger partial charge in [0, 0.05) is 43.3 Å². The molecule has 0 saturated carbocycles. The molecule has 28 heavy (non-hydrogen) atoms. The Balaban J connectivity index is 1.82. The number of aliphatic imine (C=N–C) groups is 1. The summed E-state index contributed by atoms with van der Waals surface area (Å²) >= 11 is 0. The fourth-order valence-corrected chi connectivity index (χ4v) is 3.20. The van der Waals surface area contributed by atoms with Crippen molar-refractivity contribution < 1.29 is 9.53 Å². The molecule has 2 aromatic rings. The van der Waals surface area contributed by atoms with Crippen LogP contribution in [-0.4, -0.2) is 49.8 Å². The molecule has 0 spiro atoms. The van der Waals surface area contributed by atoms with Gasteiger partial charge in [0.05, 0.1) is 6.61 Å². The number of hydrogen-bond donors (Lipinski definition) is 4. The minimum Gasteiger partial charge on any atom is -0.450 e. The van der Waals surface area contributed by atoms with Crippen LogP contribution < -0.4 is 16.0 Å². The fraction of sp³-hybridized carbons (Fsp3) is 0.524. The number of ether oxygens (including phenoxy) is 1. The van der Waals surface area contributed by atoms with E-state index >= 15 is 0 Å². The van der Waals surface area contributed by atoms with E-state index in [1.54, 1.807) is 14.0 Å². The van der Waals surface area contributed by atoms with Crippen LogP contribution in [0.25, 0.3) is 10.9 Å². The van der Waals surface area contributed by atoms with E-state index in [0.29, 0.717) is 19.1 Å². The van der Waals surface area contributed by atoms with Crippen molar-refractivity contribution in [3.63, 3.8) is 0 Å². The van der Waals surface area contributed by atoms with Crippen molar-refractivity contribution in [2.24, 2.45) is 10.9 Å². The van der Waals surface area contributed by atoms with Crippen molar-refractivity contribution in [2.45, 2.75) is 39.7 Å². The third-order valence-corrected chi connectivity index (χ3v) is 4.45. The number of nitrogens with zero attached hydrogens (tertiary/aromatic N) is 1. The van der Waals surface area contributed by atoms with Gasteiger partial charge in [0.1, 0.15) is 0 Å². The Hall–Kier alpha value is -2.70. The molecular formula is C21H33N5O2. The minimum atomic E-state index is -0.378. The molecule has 1 aromatic heterocycles. The van der Waals surface area contributed by atoms with Crippen molar-refractivity contribution in [3.05, 3.63) is 36.0 Å². The second kappa shape index (κ2) is 11.2. The van der Waals surface area contributed by atoms with Crippen molar-refractivity contribution in [3.8, 4) is 0 Å². The van der Waals surface area contributed by atoms with Gasteiger partial charge in [-0.2, -0.15) is 0 Å². The molecule has 0 radical (unpaired) electrons. The van der Waals surface area contributed by atoms with Gasteiger partial charge >= 0.3 is 6.09 Å². The SMILES string of the molecule is CCOC(=O)NC(CNC(=NC)NCCc1c[nH]c2ccccc12)CC(C)C. The zero-order valence-electron chi connectivity index (χ0n) is 17.3. The van der Waals surface area contributed by atoms with Gasteiger partial charge in [0.25, 0.3) is 0 Å².